The summed E-state index contributed by atoms with van der Waals surface area (Å²) in [6.07, 6.45) is 4.20. The highest BCUT2D eigenvalue weighted by molar-refractivity contribution is 5.28. The van der Waals surface area contributed by atoms with E-state index in [9.17, 15) is 0 Å². The van der Waals surface area contributed by atoms with Crippen molar-refractivity contribution in [3.05, 3.63) is 35.5 Å². The predicted molar refractivity (Wildman–Crippen MR) is 48.0 cm³/mol. The lowest BCUT2D eigenvalue weighted by Gasteiger charge is -1.94. The summed E-state index contributed by atoms with van der Waals surface area (Å²) in [5, 5.41) is 0. The van der Waals surface area contributed by atoms with Gasteiger partial charge in [-0.3, -0.25) is 0 Å². The van der Waals surface area contributed by atoms with E-state index in [0.717, 1.165) is 5.57 Å². The minimum Gasteiger partial charge on any atom is -0.0958 e. The maximum atomic E-state index is 3.84. The molecule has 0 saturated carbocycles. The van der Waals surface area contributed by atoms with Crippen molar-refractivity contribution < 1.29 is 0 Å². The Morgan fingerprint density at radius 3 is 1.80 bits per heavy atom. The molecule has 0 spiro atoms. The first-order valence-electron chi connectivity index (χ1n) is 3.51. The van der Waals surface area contributed by atoms with Gasteiger partial charge in [0.05, 0.1) is 0 Å². The van der Waals surface area contributed by atoms with E-state index < -0.39 is 0 Å². The van der Waals surface area contributed by atoms with Crippen molar-refractivity contribution in [2.24, 2.45) is 0 Å². The van der Waals surface area contributed by atoms with E-state index in [1.807, 2.05) is 6.92 Å². The molecule has 0 aliphatic carbocycles. The standard InChI is InChI=1S/C10H16/c1-8(2)6-7-10(5)9(3)4/h6-7H,3H2,1-2,4-5H3/b10-7-. The molecule has 0 amide bonds. The van der Waals surface area contributed by atoms with Gasteiger partial charge in [-0.1, -0.05) is 29.9 Å². The van der Waals surface area contributed by atoms with Crippen molar-refractivity contribution >= 4 is 0 Å². The summed E-state index contributed by atoms with van der Waals surface area (Å²) in [7, 11) is 0. The summed E-state index contributed by atoms with van der Waals surface area (Å²) in [5.41, 5.74) is 3.71. The van der Waals surface area contributed by atoms with Gasteiger partial charge in [-0.2, -0.15) is 0 Å². The molecule has 0 aliphatic rings. The molecule has 0 fully saturated rings. The first kappa shape index (κ1) is 9.22. The number of hydrogen-bond acceptors (Lipinski definition) is 0. The van der Waals surface area contributed by atoms with E-state index in [-0.39, 0.29) is 0 Å². The van der Waals surface area contributed by atoms with Crippen LogP contribution in [0.5, 0.6) is 0 Å². The SMILES string of the molecule is C=C(C)/C(C)=C\C=C(C)C. The van der Waals surface area contributed by atoms with Crippen LogP contribution in [0.3, 0.4) is 0 Å². The number of rotatable bonds is 2. The van der Waals surface area contributed by atoms with Crippen molar-refractivity contribution in [3.63, 3.8) is 0 Å². The normalized spacial score (nSPS) is 11.0. The van der Waals surface area contributed by atoms with Gasteiger partial charge in [0, 0.05) is 0 Å². The van der Waals surface area contributed by atoms with Gasteiger partial charge < -0.3 is 0 Å². The highest BCUT2D eigenvalue weighted by Gasteiger charge is 1.84. The minimum absolute atomic E-state index is 1.14. The molecule has 0 radical (unpaired) electrons. The largest absolute Gasteiger partial charge is 0.0958 e. The molecule has 0 nitrogen and oxygen atoms in total. The van der Waals surface area contributed by atoms with Crippen LogP contribution in [0.15, 0.2) is 35.5 Å². The molecule has 10 heavy (non-hydrogen) atoms. The lowest BCUT2D eigenvalue weighted by atomic mass is 10.1. The minimum atomic E-state index is 1.14. The summed E-state index contributed by atoms with van der Waals surface area (Å²) in [4.78, 5) is 0. The Labute approximate surface area is 64.0 Å². The van der Waals surface area contributed by atoms with E-state index in [0.29, 0.717) is 0 Å². The van der Waals surface area contributed by atoms with Gasteiger partial charge in [0.1, 0.15) is 0 Å². The Balaban J connectivity index is 4.19. The molecular weight excluding hydrogens is 120 g/mol. The van der Waals surface area contributed by atoms with Crippen molar-refractivity contribution in [1.82, 2.24) is 0 Å². The van der Waals surface area contributed by atoms with Crippen molar-refractivity contribution in [1.29, 1.82) is 0 Å². The third kappa shape index (κ3) is 4.13. The molecular formula is C10H16. The second kappa shape index (κ2) is 4.10. The van der Waals surface area contributed by atoms with Gasteiger partial charge in [-0.05, 0) is 33.3 Å². The average molecular weight is 136 g/mol. The molecule has 0 aromatic carbocycles. The van der Waals surface area contributed by atoms with Crippen LogP contribution in [-0.4, -0.2) is 0 Å². The highest BCUT2D eigenvalue weighted by atomic mass is 13.9. The van der Waals surface area contributed by atoms with E-state index >= 15 is 0 Å². The van der Waals surface area contributed by atoms with Crippen LogP contribution in [0.25, 0.3) is 0 Å². The topological polar surface area (TPSA) is 0 Å². The third-order valence-corrected chi connectivity index (χ3v) is 1.34. The molecule has 0 aliphatic heterocycles. The van der Waals surface area contributed by atoms with Crippen LogP contribution in [0.2, 0.25) is 0 Å². The fraction of sp³-hybridized carbons (Fsp3) is 0.400. The Kier molecular flexibility index (Phi) is 3.78. The van der Waals surface area contributed by atoms with Gasteiger partial charge >= 0.3 is 0 Å². The summed E-state index contributed by atoms with van der Waals surface area (Å²) >= 11 is 0. The van der Waals surface area contributed by atoms with E-state index in [1.165, 1.54) is 11.1 Å². The molecule has 0 aromatic heterocycles. The summed E-state index contributed by atoms with van der Waals surface area (Å²) in [5.74, 6) is 0. The van der Waals surface area contributed by atoms with Crippen LogP contribution in [0.1, 0.15) is 27.7 Å². The zero-order valence-electron chi connectivity index (χ0n) is 7.36. The van der Waals surface area contributed by atoms with Gasteiger partial charge in [0.15, 0.2) is 0 Å². The quantitative estimate of drug-likeness (QED) is 0.510. The average Bonchev–Trinajstić information content (AvgIpc) is 1.82. The van der Waals surface area contributed by atoms with Gasteiger partial charge in [0.25, 0.3) is 0 Å². The molecule has 0 rings (SSSR count). The van der Waals surface area contributed by atoms with Gasteiger partial charge in [-0.25, -0.2) is 0 Å². The maximum absolute atomic E-state index is 3.84. The molecule has 56 valence electrons. The fourth-order valence-corrected chi connectivity index (χ4v) is 0.434. The molecule has 0 N–H and O–H groups in total. The molecule has 0 unspecified atom stereocenters. The molecule has 0 heterocycles. The lowest BCUT2D eigenvalue weighted by Crippen LogP contribution is -1.74. The Morgan fingerprint density at radius 2 is 1.50 bits per heavy atom. The van der Waals surface area contributed by atoms with E-state index in [1.54, 1.807) is 0 Å². The van der Waals surface area contributed by atoms with E-state index in [2.05, 4.69) is 39.5 Å². The van der Waals surface area contributed by atoms with E-state index in [4.69, 9.17) is 0 Å². The first-order chi connectivity index (χ1) is 4.54. The molecule has 0 atom stereocenters. The summed E-state index contributed by atoms with van der Waals surface area (Å²) in [6, 6.07) is 0. The number of hydrogen-bond donors (Lipinski definition) is 0. The maximum Gasteiger partial charge on any atom is -0.0395 e. The van der Waals surface area contributed by atoms with Crippen LogP contribution in [-0.2, 0) is 0 Å². The second-order valence-corrected chi connectivity index (χ2v) is 2.87. The monoisotopic (exact) mass is 136 g/mol. The lowest BCUT2D eigenvalue weighted by molar-refractivity contribution is 1.34. The Morgan fingerprint density at radius 1 is 1.00 bits per heavy atom. The first-order valence-corrected chi connectivity index (χ1v) is 3.51. The zero-order chi connectivity index (χ0) is 8.15. The van der Waals surface area contributed by atoms with Crippen LogP contribution >= 0.6 is 0 Å². The predicted octanol–water partition coefficient (Wildman–Crippen LogP) is 3.48. The Hall–Kier alpha value is -0.780. The third-order valence-electron chi connectivity index (χ3n) is 1.34. The summed E-state index contributed by atoms with van der Waals surface area (Å²) < 4.78 is 0. The van der Waals surface area contributed by atoms with Crippen molar-refractivity contribution in [3.8, 4) is 0 Å². The number of allylic oxidation sites excluding steroid dienone is 5. The fourth-order valence-electron chi connectivity index (χ4n) is 0.434. The van der Waals surface area contributed by atoms with Crippen LogP contribution in [0.4, 0.5) is 0 Å². The smallest absolute Gasteiger partial charge is 0.0395 e. The molecule has 0 bridgehead atoms. The molecule has 0 aromatic rings. The second-order valence-electron chi connectivity index (χ2n) is 2.87. The van der Waals surface area contributed by atoms with Crippen LogP contribution < -0.4 is 0 Å². The van der Waals surface area contributed by atoms with Gasteiger partial charge in [-0.15, -0.1) is 0 Å². The Bertz CT molecular complexity index is 176. The zero-order valence-corrected chi connectivity index (χ0v) is 7.36. The van der Waals surface area contributed by atoms with Crippen molar-refractivity contribution in [2.75, 3.05) is 0 Å². The van der Waals surface area contributed by atoms with Gasteiger partial charge in [0.2, 0.25) is 0 Å². The molecule has 0 heteroatoms. The van der Waals surface area contributed by atoms with Crippen LogP contribution in [0, 0.1) is 0 Å². The van der Waals surface area contributed by atoms with Crippen molar-refractivity contribution in [2.45, 2.75) is 27.7 Å². The molecule has 0 saturated heterocycles. The highest BCUT2D eigenvalue weighted by Crippen LogP contribution is 2.05. The summed E-state index contributed by atoms with van der Waals surface area (Å²) in [6.45, 7) is 12.1.